The van der Waals surface area contributed by atoms with Crippen LogP contribution < -0.4 is 0 Å². The molecule has 0 spiro atoms. The zero-order chi connectivity index (χ0) is 13.4. The third-order valence-electron chi connectivity index (χ3n) is 4.48. The summed E-state index contributed by atoms with van der Waals surface area (Å²) in [5, 5.41) is 2.59. The minimum atomic E-state index is 0.603. The van der Waals surface area contributed by atoms with Gasteiger partial charge in [-0.05, 0) is 37.0 Å². The van der Waals surface area contributed by atoms with Crippen LogP contribution in [0.2, 0.25) is 10.0 Å². The highest BCUT2D eigenvalue weighted by molar-refractivity contribution is 6.38. The highest BCUT2D eigenvalue weighted by Gasteiger charge is 2.23. The number of rotatable bonds is 2. The van der Waals surface area contributed by atoms with Gasteiger partial charge in [0.2, 0.25) is 0 Å². The Labute approximate surface area is 124 Å². The van der Waals surface area contributed by atoms with Crippen LogP contribution in [-0.4, -0.2) is 4.57 Å². The van der Waals surface area contributed by atoms with Gasteiger partial charge in [0.15, 0.2) is 0 Å². The summed E-state index contributed by atoms with van der Waals surface area (Å²) >= 11 is 12.4. The fourth-order valence-electron chi connectivity index (χ4n) is 3.39. The van der Waals surface area contributed by atoms with Crippen LogP contribution in [0, 0.1) is 5.92 Å². The van der Waals surface area contributed by atoms with Crippen molar-refractivity contribution >= 4 is 34.1 Å². The Balaban J connectivity index is 2.00. The Kier molecular flexibility index (Phi) is 3.77. The first-order valence-electron chi connectivity index (χ1n) is 7.14. The lowest BCUT2D eigenvalue weighted by Crippen LogP contribution is -2.18. The summed E-state index contributed by atoms with van der Waals surface area (Å²) in [7, 11) is 0. The van der Waals surface area contributed by atoms with Crippen molar-refractivity contribution in [2.45, 2.75) is 45.1 Å². The zero-order valence-corrected chi connectivity index (χ0v) is 12.7. The largest absolute Gasteiger partial charge is 0.344 e. The molecule has 19 heavy (non-hydrogen) atoms. The molecule has 0 saturated heterocycles. The summed E-state index contributed by atoms with van der Waals surface area (Å²) in [4.78, 5) is 0. The molecule has 0 radical (unpaired) electrons. The van der Waals surface area contributed by atoms with Crippen LogP contribution in [0.25, 0.3) is 10.9 Å². The van der Waals surface area contributed by atoms with E-state index in [-0.39, 0.29) is 0 Å². The third-order valence-corrected chi connectivity index (χ3v) is 5.01. The normalized spacial score (nSPS) is 23.9. The molecule has 3 rings (SSSR count). The van der Waals surface area contributed by atoms with Gasteiger partial charge in [0.25, 0.3) is 0 Å². The molecule has 1 aliphatic rings. The number of hydrogen-bond donors (Lipinski definition) is 0. The van der Waals surface area contributed by atoms with Gasteiger partial charge in [0.05, 0.1) is 10.5 Å². The van der Waals surface area contributed by atoms with Crippen molar-refractivity contribution in [3.05, 3.63) is 34.4 Å². The van der Waals surface area contributed by atoms with E-state index in [0.717, 1.165) is 21.3 Å². The zero-order valence-electron chi connectivity index (χ0n) is 11.2. The van der Waals surface area contributed by atoms with Crippen molar-refractivity contribution in [2.24, 2.45) is 5.92 Å². The highest BCUT2D eigenvalue weighted by atomic mass is 35.5. The number of benzene rings is 1. The average molecular weight is 296 g/mol. The smallest absolute Gasteiger partial charge is 0.0514 e. The van der Waals surface area contributed by atoms with Crippen molar-refractivity contribution in [2.75, 3.05) is 0 Å². The molecule has 2 aromatic rings. The Hall–Kier alpha value is -0.660. The Bertz CT molecular complexity index is 588. The van der Waals surface area contributed by atoms with E-state index < -0.39 is 0 Å². The summed E-state index contributed by atoms with van der Waals surface area (Å²) in [6, 6.07) is 6.58. The second-order valence-corrected chi connectivity index (χ2v) is 6.48. The predicted molar refractivity (Wildman–Crippen MR) is 83.2 cm³/mol. The van der Waals surface area contributed by atoms with Crippen LogP contribution in [0.15, 0.2) is 24.4 Å². The fourth-order valence-corrected chi connectivity index (χ4v) is 3.94. The molecule has 1 saturated carbocycles. The van der Waals surface area contributed by atoms with E-state index in [1.165, 1.54) is 37.6 Å². The van der Waals surface area contributed by atoms with E-state index in [2.05, 4.69) is 23.8 Å². The average Bonchev–Trinajstić information content (AvgIpc) is 2.82. The lowest BCUT2D eigenvalue weighted by atomic mass is 9.84. The number of nitrogens with zero attached hydrogens (tertiary/aromatic N) is 1. The lowest BCUT2D eigenvalue weighted by Gasteiger charge is -2.30. The van der Waals surface area contributed by atoms with E-state index in [1.807, 2.05) is 12.1 Å². The SMILES string of the molecule is CCC1CCCC(n2ccc3c(Cl)cc(Cl)cc32)C1. The maximum Gasteiger partial charge on any atom is 0.0514 e. The van der Waals surface area contributed by atoms with E-state index in [9.17, 15) is 0 Å². The first-order chi connectivity index (χ1) is 9.19. The van der Waals surface area contributed by atoms with Gasteiger partial charge in [-0.2, -0.15) is 0 Å². The van der Waals surface area contributed by atoms with E-state index in [1.54, 1.807) is 0 Å². The summed E-state index contributed by atoms with van der Waals surface area (Å²) in [5.74, 6) is 0.867. The topological polar surface area (TPSA) is 4.93 Å². The predicted octanol–water partition coefficient (Wildman–Crippen LogP) is 6.09. The van der Waals surface area contributed by atoms with Crippen molar-refractivity contribution in [3.63, 3.8) is 0 Å². The van der Waals surface area contributed by atoms with Gasteiger partial charge in [-0.1, -0.05) is 49.4 Å². The molecule has 1 aromatic heterocycles. The van der Waals surface area contributed by atoms with Crippen LogP contribution in [0.4, 0.5) is 0 Å². The third kappa shape index (κ3) is 2.51. The van der Waals surface area contributed by atoms with Crippen LogP contribution in [0.3, 0.4) is 0 Å². The molecule has 1 nitrogen and oxygen atoms in total. The van der Waals surface area contributed by atoms with E-state index in [4.69, 9.17) is 23.2 Å². The summed E-state index contributed by atoms with van der Waals surface area (Å²) in [6.45, 7) is 2.30. The van der Waals surface area contributed by atoms with Gasteiger partial charge in [-0.25, -0.2) is 0 Å². The molecule has 102 valence electrons. The van der Waals surface area contributed by atoms with Gasteiger partial charge >= 0.3 is 0 Å². The van der Waals surface area contributed by atoms with Crippen molar-refractivity contribution in [1.29, 1.82) is 0 Å². The number of aromatic nitrogens is 1. The van der Waals surface area contributed by atoms with Gasteiger partial charge in [-0.15, -0.1) is 0 Å². The van der Waals surface area contributed by atoms with Gasteiger partial charge in [0, 0.05) is 22.6 Å². The second-order valence-electron chi connectivity index (χ2n) is 5.64. The van der Waals surface area contributed by atoms with Crippen molar-refractivity contribution in [3.8, 4) is 0 Å². The van der Waals surface area contributed by atoms with Crippen LogP contribution in [0.5, 0.6) is 0 Å². The lowest BCUT2D eigenvalue weighted by molar-refractivity contribution is 0.265. The Morgan fingerprint density at radius 1 is 1.26 bits per heavy atom. The minimum absolute atomic E-state index is 0.603. The highest BCUT2D eigenvalue weighted by Crippen LogP contribution is 2.38. The van der Waals surface area contributed by atoms with Crippen LogP contribution in [-0.2, 0) is 0 Å². The number of fused-ring (bicyclic) bond motifs is 1. The number of halogens is 2. The van der Waals surface area contributed by atoms with E-state index in [0.29, 0.717) is 6.04 Å². The summed E-state index contributed by atoms with van der Waals surface area (Å²) in [6.07, 6.45) is 8.73. The summed E-state index contributed by atoms with van der Waals surface area (Å²) < 4.78 is 2.38. The Morgan fingerprint density at radius 3 is 2.89 bits per heavy atom. The molecular weight excluding hydrogens is 277 g/mol. The maximum atomic E-state index is 6.27. The standard InChI is InChI=1S/C16H19Cl2N/c1-2-11-4-3-5-13(8-11)19-7-6-14-15(18)9-12(17)10-16(14)19/h6-7,9-11,13H,2-5,8H2,1H3. The van der Waals surface area contributed by atoms with Gasteiger partial charge in [0.1, 0.15) is 0 Å². The molecule has 2 atom stereocenters. The molecule has 0 N–H and O–H groups in total. The molecule has 0 aliphatic heterocycles. The molecule has 3 heteroatoms. The first-order valence-corrected chi connectivity index (χ1v) is 7.90. The molecule has 1 aliphatic carbocycles. The molecule has 2 unspecified atom stereocenters. The van der Waals surface area contributed by atoms with Crippen LogP contribution >= 0.6 is 23.2 Å². The monoisotopic (exact) mass is 295 g/mol. The van der Waals surface area contributed by atoms with Gasteiger partial charge < -0.3 is 4.57 Å². The first kappa shape index (κ1) is 13.3. The van der Waals surface area contributed by atoms with Crippen molar-refractivity contribution < 1.29 is 0 Å². The molecule has 0 bridgehead atoms. The molecule has 1 aromatic carbocycles. The maximum absolute atomic E-state index is 6.27. The fraction of sp³-hybridized carbons (Fsp3) is 0.500. The van der Waals surface area contributed by atoms with Gasteiger partial charge in [-0.3, -0.25) is 0 Å². The second kappa shape index (κ2) is 5.38. The quantitative estimate of drug-likeness (QED) is 0.632. The molecular formula is C16H19Cl2N. The minimum Gasteiger partial charge on any atom is -0.344 e. The number of hydrogen-bond acceptors (Lipinski definition) is 0. The molecule has 1 fully saturated rings. The van der Waals surface area contributed by atoms with Crippen molar-refractivity contribution in [1.82, 2.24) is 4.57 Å². The van der Waals surface area contributed by atoms with Crippen LogP contribution in [0.1, 0.15) is 45.1 Å². The summed E-state index contributed by atoms with van der Waals surface area (Å²) in [5.41, 5.74) is 1.18. The Morgan fingerprint density at radius 2 is 2.11 bits per heavy atom. The van der Waals surface area contributed by atoms with E-state index >= 15 is 0 Å². The molecule has 0 amide bonds. The molecule has 1 heterocycles.